The molecule has 0 unspecified atom stereocenters. The van der Waals surface area contributed by atoms with Gasteiger partial charge in [0, 0.05) is 43.2 Å². The van der Waals surface area contributed by atoms with Gasteiger partial charge >= 0.3 is 0 Å². The van der Waals surface area contributed by atoms with Crippen molar-refractivity contribution >= 4 is 23.1 Å². The Morgan fingerprint density at radius 1 is 1.13 bits per heavy atom. The van der Waals surface area contributed by atoms with Crippen LogP contribution < -0.4 is 10.6 Å². The molecule has 0 bridgehead atoms. The highest BCUT2D eigenvalue weighted by Gasteiger charge is 2.13. The van der Waals surface area contributed by atoms with Crippen LogP contribution >= 0.6 is 0 Å². The Balaban J connectivity index is 1.57. The molecular weight excluding hydrogens is 382 g/mol. The van der Waals surface area contributed by atoms with Crippen molar-refractivity contribution in [3.8, 4) is 0 Å². The van der Waals surface area contributed by atoms with E-state index in [2.05, 4.69) is 20.7 Å². The van der Waals surface area contributed by atoms with Crippen LogP contribution in [0.15, 0.2) is 30.3 Å². The molecule has 0 aliphatic carbocycles. The maximum atomic E-state index is 12.4. The maximum absolute atomic E-state index is 12.4. The third-order valence-electron chi connectivity index (χ3n) is 4.86. The molecule has 0 saturated heterocycles. The smallest absolute Gasteiger partial charge is 0.250 e. The van der Waals surface area contributed by atoms with Crippen molar-refractivity contribution in [3.63, 3.8) is 0 Å². The first-order valence-corrected chi connectivity index (χ1v) is 9.84. The minimum absolute atomic E-state index is 0.00144. The van der Waals surface area contributed by atoms with E-state index in [1.54, 1.807) is 6.07 Å². The predicted octanol–water partition coefficient (Wildman–Crippen LogP) is 2.49. The van der Waals surface area contributed by atoms with Crippen molar-refractivity contribution in [2.24, 2.45) is 0 Å². The summed E-state index contributed by atoms with van der Waals surface area (Å²) in [5.41, 5.74) is 6.30. The number of ether oxygens (including phenoxy) is 1. The lowest BCUT2D eigenvalue weighted by Gasteiger charge is -2.11. The molecule has 0 saturated carbocycles. The van der Waals surface area contributed by atoms with E-state index in [9.17, 15) is 9.59 Å². The molecule has 8 nitrogen and oxygen atoms in total. The molecule has 0 atom stereocenters. The average Bonchev–Trinajstić information content (AvgIpc) is 3.07. The molecule has 8 heteroatoms. The van der Waals surface area contributed by atoms with Gasteiger partial charge in [0.15, 0.2) is 5.65 Å². The van der Waals surface area contributed by atoms with E-state index in [0.29, 0.717) is 25.1 Å². The molecule has 2 aromatic heterocycles. The number of hydrogen-bond donors (Lipinski definition) is 2. The number of rotatable bonds is 8. The molecule has 3 aromatic rings. The lowest BCUT2D eigenvalue weighted by molar-refractivity contribution is -0.121. The van der Waals surface area contributed by atoms with Gasteiger partial charge in [-0.15, -0.1) is 0 Å². The van der Waals surface area contributed by atoms with Gasteiger partial charge in [-0.05, 0) is 50.5 Å². The van der Waals surface area contributed by atoms with Gasteiger partial charge in [-0.3, -0.25) is 9.59 Å². The standard InChI is InChI=1S/C22H27N5O3/c1-14-10-20-24-15(2)19(16(3)27(20)26-14)8-9-21(28)23-12-17-6-5-7-18(11-17)25-22(29)13-30-4/h5-7,10-11H,8-9,12-13H2,1-4H3,(H,23,28)(H,25,29). The summed E-state index contributed by atoms with van der Waals surface area (Å²) < 4.78 is 6.64. The summed E-state index contributed by atoms with van der Waals surface area (Å²) in [5, 5.41) is 10.2. The molecule has 30 heavy (non-hydrogen) atoms. The number of aromatic nitrogens is 3. The molecule has 3 rings (SSSR count). The lowest BCUT2D eigenvalue weighted by Crippen LogP contribution is -2.23. The topological polar surface area (TPSA) is 97.6 Å². The molecular formula is C22H27N5O3. The van der Waals surface area contributed by atoms with Gasteiger partial charge in [-0.2, -0.15) is 5.10 Å². The van der Waals surface area contributed by atoms with Crippen LogP contribution in [0, 0.1) is 20.8 Å². The van der Waals surface area contributed by atoms with Gasteiger partial charge in [-0.1, -0.05) is 12.1 Å². The fourth-order valence-electron chi connectivity index (χ4n) is 3.42. The molecule has 0 fully saturated rings. The Labute approximate surface area is 175 Å². The number of nitrogens with one attached hydrogen (secondary N) is 2. The number of aryl methyl sites for hydroxylation is 3. The monoisotopic (exact) mass is 409 g/mol. The lowest BCUT2D eigenvalue weighted by atomic mass is 10.1. The molecule has 0 radical (unpaired) electrons. The fourth-order valence-corrected chi connectivity index (χ4v) is 3.42. The first-order chi connectivity index (χ1) is 14.4. The highest BCUT2D eigenvalue weighted by Crippen LogP contribution is 2.17. The van der Waals surface area contributed by atoms with Crippen LogP contribution in [-0.2, 0) is 27.3 Å². The third-order valence-corrected chi connectivity index (χ3v) is 4.86. The van der Waals surface area contributed by atoms with E-state index in [1.807, 2.05) is 49.6 Å². The summed E-state index contributed by atoms with van der Waals surface area (Å²) >= 11 is 0. The Bertz CT molecular complexity index is 1070. The number of amides is 2. The van der Waals surface area contributed by atoms with Crippen LogP contribution in [-0.4, -0.2) is 40.1 Å². The Morgan fingerprint density at radius 2 is 1.93 bits per heavy atom. The van der Waals surface area contributed by atoms with E-state index in [4.69, 9.17) is 4.74 Å². The van der Waals surface area contributed by atoms with Crippen LogP contribution in [0.3, 0.4) is 0 Å². The molecule has 158 valence electrons. The summed E-state index contributed by atoms with van der Waals surface area (Å²) in [6, 6.07) is 9.31. The van der Waals surface area contributed by atoms with Crippen LogP contribution in [0.5, 0.6) is 0 Å². The van der Waals surface area contributed by atoms with Gasteiger partial charge < -0.3 is 15.4 Å². The highest BCUT2D eigenvalue weighted by atomic mass is 16.5. The van der Waals surface area contributed by atoms with Crippen LogP contribution in [0.25, 0.3) is 5.65 Å². The number of nitrogens with zero attached hydrogens (tertiary/aromatic N) is 3. The summed E-state index contributed by atoms with van der Waals surface area (Å²) in [6.07, 6.45) is 0.956. The second-order valence-corrected chi connectivity index (χ2v) is 7.28. The van der Waals surface area contributed by atoms with Gasteiger partial charge in [-0.25, -0.2) is 9.50 Å². The van der Waals surface area contributed by atoms with Gasteiger partial charge in [0.1, 0.15) is 6.61 Å². The number of carbonyl (C=O) groups excluding carboxylic acids is 2. The minimum atomic E-state index is -0.220. The van der Waals surface area contributed by atoms with Crippen LogP contribution in [0.4, 0.5) is 5.69 Å². The molecule has 2 N–H and O–H groups in total. The summed E-state index contributed by atoms with van der Waals surface area (Å²) in [6.45, 7) is 6.30. The Hall–Kier alpha value is -3.26. The second kappa shape index (κ2) is 9.49. The van der Waals surface area contributed by atoms with E-state index in [0.717, 1.165) is 33.9 Å². The molecule has 2 amide bonds. The number of anilines is 1. The third kappa shape index (κ3) is 5.21. The Kier molecular flexibility index (Phi) is 6.79. The number of methoxy groups -OCH3 is 1. The highest BCUT2D eigenvalue weighted by molar-refractivity contribution is 5.91. The first-order valence-electron chi connectivity index (χ1n) is 9.84. The van der Waals surface area contributed by atoms with E-state index < -0.39 is 0 Å². The Morgan fingerprint density at radius 3 is 2.70 bits per heavy atom. The average molecular weight is 409 g/mol. The van der Waals surface area contributed by atoms with Crippen molar-refractivity contribution < 1.29 is 14.3 Å². The van der Waals surface area contributed by atoms with E-state index >= 15 is 0 Å². The van der Waals surface area contributed by atoms with Gasteiger partial charge in [0.2, 0.25) is 11.8 Å². The molecule has 0 aliphatic heterocycles. The van der Waals surface area contributed by atoms with Gasteiger partial charge in [0.25, 0.3) is 0 Å². The number of fused-ring (bicyclic) bond motifs is 1. The van der Waals surface area contributed by atoms with Gasteiger partial charge in [0.05, 0.1) is 5.69 Å². The first kappa shape index (κ1) is 21.4. The maximum Gasteiger partial charge on any atom is 0.250 e. The van der Waals surface area contributed by atoms with Crippen LogP contribution in [0.2, 0.25) is 0 Å². The van der Waals surface area contributed by atoms with Crippen LogP contribution in [0.1, 0.15) is 34.6 Å². The number of hydrogen-bond acceptors (Lipinski definition) is 5. The zero-order valence-corrected chi connectivity index (χ0v) is 17.8. The SMILES string of the molecule is COCC(=O)Nc1cccc(CNC(=O)CCc2c(C)nc3cc(C)nn3c2C)c1. The summed E-state index contributed by atoms with van der Waals surface area (Å²) in [5.74, 6) is -0.262. The summed E-state index contributed by atoms with van der Waals surface area (Å²) in [4.78, 5) is 28.6. The molecule has 1 aromatic carbocycles. The van der Waals surface area contributed by atoms with Crippen molar-refractivity contribution in [1.29, 1.82) is 0 Å². The normalized spacial score (nSPS) is 10.9. The molecule has 0 spiro atoms. The number of carbonyl (C=O) groups is 2. The second-order valence-electron chi connectivity index (χ2n) is 7.28. The largest absolute Gasteiger partial charge is 0.375 e. The quantitative estimate of drug-likeness (QED) is 0.596. The van der Waals surface area contributed by atoms with Crippen molar-refractivity contribution in [3.05, 3.63) is 58.5 Å². The van der Waals surface area contributed by atoms with Crippen molar-refractivity contribution in [2.75, 3.05) is 19.0 Å². The minimum Gasteiger partial charge on any atom is -0.375 e. The van der Waals surface area contributed by atoms with E-state index in [-0.39, 0.29) is 18.4 Å². The fraction of sp³-hybridized carbons (Fsp3) is 0.364. The molecule has 2 heterocycles. The summed E-state index contributed by atoms with van der Waals surface area (Å²) in [7, 11) is 1.47. The predicted molar refractivity (Wildman–Crippen MR) is 114 cm³/mol. The molecule has 0 aliphatic rings. The van der Waals surface area contributed by atoms with E-state index in [1.165, 1.54) is 7.11 Å². The zero-order valence-electron chi connectivity index (χ0n) is 17.8. The van der Waals surface area contributed by atoms with Crippen molar-refractivity contribution in [2.45, 2.75) is 40.2 Å². The zero-order chi connectivity index (χ0) is 21.7. The number of benzene rings is 1. The van der Waals surface area contributed by atoms with Crippen molar-refractivity contribution in [1.82, 2.24) is 19.9 Å².